The van der Waals surface area contributed by atoms with Crippen molar-refractivity contribution in [2.45, 2.75) is 40.5 Å². The Balaban J connectivity index is 1.59. The van der Waals surface area contributed by atoms with Crippen LogP contribution in [0.2, 0.25) is 0 Å². The molecule has 0 saturated carbocycles. The van der Waals surface area contributed by atoms with E-state index in [-0.39, 0.29) is 24.0 Å². The molecule has 1 saturated heterocycles. The van der Waals surface area contributed by atoms with E-state index in [2.05, 4.69) is 10.3 Å². The molecule has 0 bridgehead atoms. The molecule has 3 rings (SSSR count). The van der Waals surface area contributed by atoms with Crippen LogP contribution in [0.1, 0.15) is 18.4 Å². The first-order valence-corrected chi connectivity index (χ1v) is 11.9. The first-order chi connectivity index (χ1) is 16.1. The lowest BCUT2D eigenvalue weighted by Gasteiger charge is -2.35. The number of nitro groups is 1. The largest absolute Gasteiger partial charge is 0.437 e. The van der Waals surface area contributed by atoms with Crippen LogP contribution in [0.25, 0.3) is 0 Å². The van der Waals surface area contributed by atoms with Crippen LogP contribution in [0, 0.1) is 10.1 Å². The first kappa shape index (κ1) is 26.5. The molecule has 2 heterocycles. The molecule has 1 aliphatic rings. The maximum Gasteiger partial charge on any atom is 0.437 e. The number of hydroxylamine groups is 2. The maximum absolute atomic E-state index is 12.6. The van der Waals surface area contributed by atoms with Crippen molar-refractivity contribution in [2.24, 2.45) is 0 Å². The van der Waals surface area contributed by atoms with Gasteiger partial charge in [-0.25, -0.2) is 9.78 Å². The number of piperidine rings is 1. The Hall–Kier alpha value is -2.15. The molecule has 1 aromatic carbocycles. The molecular weight excluding hydrogens is 531 g/mol. The van der Waals surface area contributed by atoms with Crippen molar-refractivity contribution in [1.29, 1.82) is 0 Å². The highest BCUT2D eigenvalue weighted by Crippen LogP contribution is 2.30. The molecule has 0 unspecified atom stereocenters. The second-order valence-corrected chi connectivity index (χ2v) is 10.3. The number of rotatable bonds is 7. The van der Waals surface area contributed by atoms with E-state index >= 15 is 0 Å². The van der Waals surface area contributed by atoms with Gasteiger partial charge in [0.25, 0.3) is 5.69 Å². The Kier molecular flexibility index (Phi) is 9.34. The summed E-state index contributed by atoms with van der Waals surface area (Å²) in [6.07, 6.45) is 0.909. The van der Waals surface area contributed by atoms with Gasteiger partial charge in [-0.2, -0.15) is 5.06 Å². The van der Waals surface area contributed by atoms with Crippen molar-refractivity contribution >= 4 is 63.5 Å². The molecule has 14 heteroatoms. The SMILES string of the molecule is O=C(Sc1ccc([N+](=O)[O-])cn1)[C@@H]1CC[C@@H](N(OCc2ccccc2)C(=O)OC(Cl)(Cl)Cl)CN1. The molecule has 1 aliphatic heterocycles. The summed E-state index contributed by atoms with van der Waals surface area (Å²) in [6, 6.07) is 10.9. The molecule has 2 atom stereocenters. The number of carbonyl (C=O) groups is 2. The number of alkyl halides is 3. The van der Waals surface area contributed by atoms with Gasteiger partial charge in [0.2, 0.25) is 5.12 Å². The predicted octanol–water partition coefficient (Wildman–Crippen LogP) is 4.63. The third-order valence-electron chi connectivity index (χ3n) is 4.74. The number of hydrogen-bond acceptors (Lipinski definition) is 9. The lowest BCUT2D eigenvalue weighted by Crippen LogP contribution is -2.53. The van der Waals surface area contributed by atoms with Crippen LogP contribution in [0.15, 0.2) is 53.7 Å². The highest BCUT2D eigenvalue weighted by atomic mass is 35.6. The van der Waals surface area contributed by atoms with Crippen molar-refractivity contribution in [1.82, 2.24) is 15.4 Å². The minimum Gasteiger partial charge on any atom is -0.396 e. The summed E-state index contributed by atoms with van der Waals surface area (Å²) in [4.78, 5) is 45.0. The van der Waals surface area contributed by atoms with Gasteiger partial charge in [0, 0.05) is 12.6 Å². The molecule has 10 nitrogen and oxygen atoms in total. The maximum atomic E-state index is 12.6. The van der Waals surface area contributed by atoms with Crippen LogP contribution < -0.4 is 5.32 Å². The Morgan fingerprint density at radius 1 is 1.21 bits per heavy atom. The molecule has 1 fully saturated rings. The van der Waals surface area contributed by atoms with Gasteiger partial charge in [0.05, 0.1) is 17.0 Å². The zero-order valence-electron chi connectivity index (χ0n) is 17.4. The number of halogens is 3. The summed E-state index contributed by atoms with van der Waals surface area (Å²) >= 11 is 17.7. The van der Waals surface area contributed by atoms with E-state index in [0.29, 0.717) is 17.9 Å². The third-order valence-corrected chi connectivity index (χ3v) is 5.91. The minimum atomic E-state index is -2.26. The van der Waals surface area contributed by atoms with Crippen molar-refractivity contribution in [2.75, 3.05) is 6.54 Å². The second kappa shape index (κ2) is 12.0. The summed E-state index contributed by atoms with van der Waals surface area (Å²) in [5.41, 5.74) is 0.658. The number of nitrogens with zero attached hydrogens (tertiary/aromatic N) is 3. The lowest BCUT2D eigenvalue weighted by atomic mass is 10.0. The lowest BCUT2D eigenvalue weighted by molar-refractivity contribution is -0.385. The number of thioether (sulfide) groups is 1. The molecule has 0 radical (unpaired) electrons. The van der Waals surface area contributed by atoms with Crippen LogP contribution >= 0.6 is 46.6 Å². The number of amides is 1. The van der Waals surface area contributed by atoms with Gasteiger partial charge in [0.15, 0.2) is 0 Å². The zero-order chi connectivity index (χ0) is 24.7. The summed E-state index contributed by atoms with van der Waals surface area (Å²) in [7, 11) is 0. The summed E-state index contributed by atoms with van der Waals surface area (Å²) < 4.78 is 2.56. The molecule has 34 heavy (non-hydrogen) atoms. The van der Waals surface area contributed by atoms with Crippen molar-refractivity contribution < 1.29 is 24.1 Å². The van der Waals surface area contributed by atoms with Crippen molar-refractivity contribution in [3.05, 3.63) is 64.3 Å². The van der Waals surface area contributed by atoms with E-state index < -0.39 is 27.1 Å². The smallest absolute Gasteiger partial charge is 0.396 e. The zero-order valence-corrected chi connectivity index (χ0v) is 20.5. The van der Waals surface area contributed by atoms with Gasteiger partial charge in [-0.05, 0) is 71.0 Å². The van der Waals surface area contributed by atoms with Gasteiger partial charge in [-0.1, -0.05) is 30.3 Å². The van der Waals surface area contributed by atoms with E-state index in [9.17, 15) is 19.7 Å². The van der Waals surface area contributed by atoms with Crippen LogP contribution in [0.5, 0.6) is 0 Å². The molecular formula is C20H19Cl3N4O6S. The number of ether oxygens (including phenoxy) is 1. The fourth-order valence-electron chi connectivity index (χ4n) is 3.13. The van der Waals surface area contributed by atoms with Gasteiger partial charge < -0.3 is 10.1 Å². The van der Waals surface area contributed by atoms with Gasteiger partial charge in [-0.3, -0.25) is 19.7 Å². The van der Waals surface area contributed by atoms with E-state index in [1.807, 2.05) is 30.3 Å². The summed E-state index contributed by atoms with van der Waals surface area (Å²) in [6.45, 7) is 0.296. The van der Waals surface area contributed by atoms with Crippen molar-refractivity contribution in [3.8, 4) is 0 Å². The molecule has 1 N–H and O–H groups in total. The van der Waals surface area contributed by atoms with E-state index in [1.54, 1.807) is 0 Å². The Bertz CT molecular complexity index is 1000. The number of hydrogen-bond donors (Lipinski definition) is 1. The van der Waals surface area contributed by atoms with Crippen LogP contribution in [0.3, 0.4) is 0 Å². The highest BCUT2D eigenvalue weighted by Gasteiger charge is 2.36. The molecule has 1 amide bonds. The minimum absolute atomic E-state index is 0.0797. The monoisotopic (exact) mass is 548 g/mol. The first-order valence-electron chi connectivity index (χ1n) is 9.93. The third kappa shape index (κ3) is 7.97. The number of carbonyl (C=O) groups excluding carboxylic acids is 2. The predicted molar refractivity (Wildman–Crippen MR) is 126 cm³/mol. The van der Waals surface area contributed by atoms with E-state index in [1.165, 1.54) is 12.1 Å². The number of nitrogens with one attached hydrogen (secondary N) is 1. The Labute approximate surface area is 213 Å². The number of pyridine rings is 1. The number of benzene rings is 1. The fourth-order valence-corrected chi connectivity index (χ4v) is 4.12. The fraction of sp³-hybridized carbons (Fsp3) is 0.350. The second-order valence-electron chi connectivity index (χ2n) is 7.12. The molecule has 0 spiro atoms. The average molecular weight is 550 g/mol. The van der Waals surface area contributed by atoms with Crippen LogP contribution in [0.4, 0.5) is 10.5 Å². The van der Waals surface area contributed by atoms with Gasteiger partial charge >= 0.3 is 10.1 Å². The van der Waals surface area contributed by atoms with Gasteiger partial charge in [0.1, 0.15) is 17.8 Å². The quantitative estimate of drug-likeness (QED) is 0.228. The van der Waals surface area contributed by atoms with E-state index in [4.69, 9.17) is 44.4 Å². The summed E-state index contributed by atoms with van der Waals surface area (Å²) in [5, 5.41) is 15.0. The van der Waals surface area contributed by atoms with Gasteiger partial charge in [-0.15, -0.1) is 0 Å². The normalized spacial score (nSPS) is 18.2. The average Bonchev–Trinajstić information content (AvgIpc) is 2.79. The summed E-state index contributed by atoms with van der Waals surface area (Å²) in [5.74, 6) is 0. The van der Waals surface area contributed by atoms with E-state index in [0.717, 1.165) is 28.6 Å². The number of aromatic nitrogens is 1. The highest BCUT2D eigenvalue weighted by molar-refractivity contribution is 8.13. The van der Waals surface area contributed by atoms with Crippen molar-refractivity contribution in [3.63, 3.8) is 0 Å². The molecule has 1 aromatic heterocycles. The Morgan fingerprint density at radius 3 is 2.50 bits per heavy atom. The van der Waals surface area contributed by atoms with Crippen LogP contribution in [-0.4, -0.2) is 48.8 Å². The topological polar surface area (TPSA) is 124 Å². The molecule has 2 aromatic rings. The molecule has 182 valence electrons. The standard InChI is InChI=1S/C20H19Cl3N4O6S/c21-20(22,23)33-19(29)26(32-12-13-4-2-1-3-5-13)14-6-8-16(24-10-14)18(28)34-17-9-7-15(11-25-17)27(30)31/h1-5,7,9,11,14,16,24H,6,8,10,12H2/t14-,16+/m1/s1. The van der Waals surface area contributed by atoms with Crippen LogP contribution in [-0.2, 0) is 21.0 Å². The molecule has 0 aliphatic carbocycles. The Morgan fingerprint density at radius 2 is 1.94 bits per heavy atom.